The van der Waals surface area contributed by atoms with Crippen molar-refractivity contribution < 1.29 is 0 Å². The molecule has 1 nitrogen and oxygen atoms in total. The van der Waals surface area contributed by atoms with E-state index < -0.39 is 0 Å². The minimum absolute atomic E-state index is 0.214. The van der Waals surface area contributed by atoms with Crippen molar-refractivity contribution in [1.29, 1.82) is 0 Å². The lowest BCUT2D eigenvalue weighted by Crippen LogP contribution is -2.37. The number of rotatable bonds is 3. The van der Waals surface area contributed by atoms with Gasteiger partial charge in [-0.1, -0.05) is 30.1 Å². The zero-order valence-electron chi connectivity index (χ0n) is 8.48. The normalized spacial score (nSPS) is 15.2. The molecule has 0 fully saturated rings. The van der Waals surface area contributed by atoms with E-state index in [4.69, 9.17) is 28.9 Å². The summed E-state index contributed by atoms with van der Waals surface area (Å²) in [5, 5.41) is 1.44. The Morgan fingerprint density at radius 1 is 1.36 bits per heavy atom. The first-order chi connectivity index (χ1) is 6.44. The molecule has 0 bridgehead atoms. The molecule has 1 atom stereocenters. The molecule has 0 saturated carbocycles. The highest BCUT2D eigenvalue weighted by Gasteiger charge is 2.17. The third-order valence-electron chi connectivity index (χ3n) is 2.41. The first-order valence-corrected chi connectivity index (χ1v) is 5.43. The van der Waals surface area contributed by atoms with E-state index in [1.54, 1.807) is 6.07 Å². The molecule has 0 amide bonds. The third kappa shape index (κ3) is 3.16. The van der Waals surface area contributed by atoms with Crippen LogP contribution >= 0.6 is 23.2 Å². The molecule has 14 heavy (non-hydrogen) atoms. The third-order valence-corrected chi connectivity index (χ3v) is 3.01. The number of nitrogens with two attached hydrogens (primary N) is 1. The highest BCUT2D eigenvalue weighted by atomic mass is 35.5. The van der Waals surface area contributed by atoms with Gasteiger partial charge in [0.25, 0.3) is 0 Å². The van der Waals surface area contributed by atoms with Crippen LogP contribution in [0.5, 0.6) is 0 Å². The molecular weight excluding hydrogens is 217 g/mol. The quantitative estimate of drug-likeness (QED) is 0.845. The summed E-state index contributed by atoms with van der Waals surface area (Å²) in [4.78, 5) is 0. The van der Waals surface area contributed by atoms with Crippen LogP contribution in [0.2, 0.25) is 10.0 Å². The monoisotopic (exact) mass is 231 g/mol. The molecule has 0 aliphatic rings. The predicted molar refractivity (Wildman–Crippen MR) is 63.0 cm³/mol. The van der Waals surface area contributed by atoms with E-state index in [-0.39, 0.29) is 5.54 Å². The highest BCUT2D eigenvalue weighted by molar-refractivity contribution is 6.33. The largest absolute Gasteiger partial charge is 0.325 e. The van der Waals surface area contributed by atoms with E-state index in [9.17, 15) is 0 Å². The first kappa shape index (κ1) is 11.8. The van der Waals surface area contributed by atoms with E-state index in [0.29, 0.717) is 5.02 Å². The van der Waals surface area contributed by atoms with Gasteiger partial charge in [0.15, 0.2) is 0 Å². The first-order valence-electron chi connectivity index (χ1n) is 4.67. The Labute approximate surface area is 95.2 Å². The number of hydrogen-bond acceptors (Lipinski definition) is 1. The molecule has 78 valence electrons. The van der Waals surface area contributed by atoms with Crippen molar-refractivity contribution in [2.75, 3.05) is 0 Å². The lowest BCUT2D eigenvalue weighted by Gasteiger charge is -2.23. The minimum atomic E-state index is -0.214. The topological polar surface area (TPSA) is 26.0 Å². The number of benzene rings is 1. The Kier molecular flexibility index (Phi) is 3.82. The van der Waals surface area contributed by atoms with Crippen LogP contribution < -0.4 is 5.73 Å². The van der Waals surface area contributed by atoms with E-state index in [2.05, 4.69) is 6.92 Å². The van der Waals surface area contributed by atoms with Gasteiger partial charge in [0.1, 0.15) is 0 Å². The van der Waals surface area contributed by atoms with Crippen molar-refractivity contribution >= 4 is 23.2 Å². The number of halogens is 2. The van der Waals surface area contributed by atoms with Gasteiger partial charge in [-0.05, 0) is 43.5 Å². The van der Waals surface area contributed by atoms with Gasteiger partial charge in [-0.25, -0.2) is 0 Å². The maximum atomic E-state index is 6.07. The van der Waals surface area contributed by atoms with E-state index in [1.165, 1.54) is 0 Å². The smallest absolute Gasteiger partial charge is 0.0439 e. The van der Waals surface area contributed by atoms with Gasteiger partial charge in [0.2, 0.25) is 0 Å². The van der Waals surface area contributed by atoms with E-state index in [1.807, 2.05) is 19.1 Å². The van der Waals surface area contributed by atoms with Crippen molar-refractivity contribution in [2.45, 2.75) is 32.2 Å². The van der Waals surface area contributed by atoms with Crippen LogP contribution in [0.15, 0.2) is 18.2 Å². The molecule has 0 aliphatic heterocycles. The fourth-order valence-corrected chi connectivity index (χ4v) is 1.62. The van der Waals surface area contributed by atoms with Gasteiger partial charge >= 0.3 is 0 Å². The Morgan fingerprint density at radius 3 is 2.57 bits per heavy atom. The van der Waals surface area contributed by atoms with Gasteiger partial charge in [0, 0.05) is 15.6 Å². The zero-order valence-corrected chi connectivity index (χ0v) is 9.99. The average Bonchev–Trinajstić information content (AvgIpc) is 2.11. The van der Waals surface area contributed by atoms with Crippen LogP contribution in [0, 0.1) is 0 Å². The molecule has 0 heterocycles. The average molecular weight is 232 g/mol. The molecule has 1 aromatic rings. The van der Waals surface area contributed by atoms with Crippen molar-refractivity contribution in [2.24, 2.45) is 5.73 Å². The van der Waals surface area contributed by atoms with Crippen LogP contribution in [0.25, 0.3) is 0 Å². The second kappa shape index (κ2) is 4.52. The minimum Gasteiger partial charge on any atom is -0.325 e. The summed E-state index contributed by atoms with van der Waals surface area (Å²) in [6.07, 6.45) is 1.67. The highest BCUT2D eigenvalue weighted by Crippen LogP contribution is 2.24. The van der Waals surface area contributed by atoms with Crippen molar-refractivity contribution in [3.63, 3.8) is 0 Å². The standard InChI is InChI=1S/C11H15Cl2N/c1-3-11(2,14)7-8-6-9(12)4-5-10(8)13/h4-6H,3,7,14H2,1-2H3. The van der Waals surface area contributed by atoms with Gasteiger partial charge in [-0.3, -0.25) is 0 Å². The SMILES string of the molecule is CCC(C)(N)Cc1cc(Cl)ccc1Cl. The fourth-order valence-electron chi connectivity index (χ4n) is 1.24. The van der Waals surface area contributed by atoms with Gasteiger partial charge in [-0.15, -0.1) is 0 Å². The number of hydrogen-bond donors (Lipinski definition) is 1. The Bertz CT molecular complexity index is 321. The van der Waals surface area contributed by atoms with Gasteiger partial charge < -0.3 is 5.73 Å². The molecule has 2 N–H and O–H groups in total. The van der Waals surface area contributed by atoms with Crippen molar-refractivity contribution in [3.8, 4) is 0 Å². The van der Waals surface area contributed by atoms with Gasteiger partial charge in [0.05, 0.1) is 0 Å². The van der Waals surface area contributed by atoms with Crippen LogP contribution in [0.1, 0.15) is 25.8 Å². The van der Waals surface area contributed by atoms with Crippen LogP contribution in [0.4, 0.5) is 0 Å². The molecule has 1 unspecified atom stereocenters. The van der Waals surface area contributed by atoms with Crippen molar-refractivity contribution in [1.82, 2.24) is 0 Å². The van der Waals surface area contributed by atoms with Crippen LogP contribution in [-0.2, 0) is 6.42 Å². The summed E-state index contributed by atoms with van der Waals surface area (Å²) in [5.41, 5.74) is 6.87. The summed E-state index contributed by atoms with van der Waals surface area (Å²) >= 11 is 11.9. The molecule has 1 aromatic carbocycles. The fraction of sp³-hybridized carbons (Fsp3) is 0.455. The lowest BCUT2D eigenvalue weighted by molar-refractivity contribution is 0.450. The van der Waals surface area contributed by atoms with Crippen molar-refractivity contribution in [3.05, 3.63) is 33.8 Å². The predicted octanol–water partition coefficient (Wildman–Crippen LogP) is 3.66. The molecule has 3 heteroatoms. The summed E-state index contributed by atoms with van der Waals surface area (Å²) < 4.78 is 0. The Hall–Kier alpha value is -0.240. The summed E-state index contributed by atoms with van der Waals surface area (Å²) in [6.45, 7) is 4.09. The summed E-state index contributed by atoms with van der Waals surface area (Å²) in [7, 11) is 0. The zero-order chi connectivity index (χ0) is 10.8. The summed E-state index contributed by atoms with van der Waals surface area (Å²) in [5.74, 6) is 0. The molecule has 1 rings (SSSR count). The van der Waals surface area contributed by atoms with E-state index >= 15 is 0 Å². The Balaban J connectivity index is 2.91. The second-order valence-electron chi connectivity index (χ2n) is 3.92. The maximum absolute atomic E-state index is 6.07. The van der Waals surface area contributed by atoms with Crippen LogP contribution in [-0.4, -0.2) is 5.54 Å². The van der Waals surface area contributed by atoms with Crippen LogP contribution in [0.3, 0.4) is 0 Å². The second-order valence-corrected chi connectivity index (χ2v) is 4.76. The molecule has 0 aromatic heterocycles. The molecule has 0 radical (unpaired) electrons. The molecule has 0 spiro atoms. The molecule has 0 aliphatic carbocycles. The van der Waals surface area contributed by atoms with E-state index in [0.717, 1.165) is 23.4 Å². The molecular formula is C11H15Cl2N. The maximum Gasteiger partial charge on any atom is 0.0439 e. The lowest BCUT2D eigenvalue weighted by atomic mass is 9.91. The summed E-state index contributed by atoms with van der Waals surface area (Å²) in [6, 6.07) is 5.48. The van der Waals surface area contributed by atoms with Gasteiger partial charge in [-0.2, -0.15) is 0 Å². The Morgan fingerprint density at radius 2 is 2.00 bits per heavy atom. The molecule has 0 saturated heterocycles.